The molecule has 49 heavy (non-hydrogen) atoms. The van der Waals surface area contributed by atoms with Crippen LogP contribution in [0.5, 0.6) is 0 Å². The number of para-hydroxylation sites is 3. The first-order valence-corrected chi connectivity index (χ1v) is 17.4. The van der Waals surface area contributed by atoms with Gasteiger partial charge in [0, 0.05) is 27.2 Å². The molecule has 3 heterocycles. The quantitative estimate of drug-likeness (QED) is 0.126. The monoisotopic (exact) mass is 633 g/mol. The van der Waals surface area contributed by atoms with Crippen molar-refractivity contribution in [1.29, 1.82) is 0 Å². The van der Waals surface area contributed by atoms with Crippen molar-refractivity contribution in [2.75, 3.05) is 0 Å². The Bertz CT molecular complexity index is 2920. The van der Waals surface area contributed by atoms with Crippen molar-refractivity contribution in [1.82, 2.24) is 13.8 Å². The maximum absolute atomic E-state index is 2.54. The first-order chi connectivity index (χ1) is 23.6. The minimum Gasteiger partial charge on any atom is -0.306 e. The van der Waals surface area contributed by atoms with Gasteiger partial charge in [0.05, 0.1) is 33.3 Å². The fourth-order valence-electron chi connectivity index (χ4n) is 8.23. The summed E-state index contributed by atoms with van der Waals surface area (Å²) >= 11 is 0. The molecular weight excluding hydrogens is 595 g/mol. The lowest BCUT2D eigenvalue weighted by Crippen LogP contribution is -2.19. The van der Waals surface area contributed by atoms with Gasteiger partial charge in [-0.15, -0.1) is 0 Å². The first kappa shape index (κ1) is 28.5. The number of benzene rings is 7. The summed E-state index contributed by atoms with van der Waals surface area (Å²) in [6.45, 7) is 14.0. The Morgan fingerprint density at radius 3 is 1.61 bits per heavy atom. The van der Waals surface area contributed by atoms with E-state index >= 15 is 0 Å². The lowest BCUT2D eigenvalue weighted by Gasteiger charge is -2.30. The van der Waals surface area contributed by atoms with Gasteiger partial charge >= 0.3 is 0 Å². The van der Waals surface area contributed by atoms with E-state index in [-0.39, 0.29) is 10.8 Å². The van der Waals surface area contributed by atoms with Gasteiger partial charge < -0.3 is 4.57 Å². The summed E-state index contributed by atoms with van der Waals surface area (Å²) in [5, 5.41) is 10.1. The summed E-state index contributed by atoms with van der Waals surface area (Å²) in [5.41, 5.74) is 11.1. The van der Waals surface area contributed by atoms with Crippen LogP contribution >= 0.6 is 0 Å². The Morgan fingerprint density at radius 1 is 0.408 bits per heavy atom. The van der Waals surface area contributed by atoms with Crippen molar-refractivity contribution in [3.8, 4) is 11.4 Å². The van der Waals surface area contributed by atoms with Crippen LogP contribution in [0.4, 0.5) is 0 Å². The van der Waals surface area contributed by atoms with Crippen molar-refractivity contribution in [3.63, 3.8) is 0 Å². The van der Waals surface area contributed by atoms with Gasteiger partial charge in [0.1, 0.15) is 0 Å². The Kier molecular flexibility index (Phi) is 5.54. The molecule has 0 atom stereocenters. The maximum Gasteiger partial charge on any atom is 0.0957 e. The van der Waals surface area contributed by atoms with Gasteiger partial charge in [-0.1, -0.05) is 120 Å². The Labute approximate surface area is 285 Å². The van der Waals surface area contributed by atoms with E-state index in [0.29, 0.717) is 0 Å². The molecule has 3 heteroatoms. The number of hydrogen-bond donors (Lipinski definition) is 0. The lowest BCUT2D eigenvalue weighted by molar-refractivity contribution is 0.568. The molecule has 0 fully saturated rings. The highest BCUT2D eigenvalue weighted by atomic mass is 15.4. The minimum atomic E-state index is -0.00627. The molecule has 0 spiro atoms. The molecule has 0 radical (unpaired) electrons. The molecular formula is C46H39N3. The molecule has 0 saturated carbocycles. The zero-order valence-corrected chi connectivity index (χ0v) is 29.0. The van der Waals surface area contributed by atoms with Crippen LogP contribution in [0.15, 0.2) is 127 Å². The van der Waals surface area contributed by atoms with Crippen molar-refractivity contribution in [3.05, 3.63) is 139 Å². The molecule has 0 unspecified atom stereocenters. The lowest BCUT2D eigenvalue weighted by atomic mass is 9.80. The highest BCUT2D eigenvalue weighted by molar-refractivity contribution is 6.20. The molecule has 3 nitrogen and oxygen atoms in total. The molecule has 0 bridgehead atoms. The van der Waals surface area contributed by atoms with E-state index in [9.17, 15) is 0 Å². The van der Waals surface area contributed by atoms with Crippen LogP contribution in [0.2, 0.25) is 0 Å². The third-order valence-corrected chi connectivity index (χ3v) is 10.8. The van der Waals surface area contributed by atoms with Crippen LogP contribution in [-0.2, 0) is 10.8 Å². The molecule has 2 aliphatic heterocycles. The maximum atomic E-state index is 2.54. The number of nitrogens with zero attached hydrogens (tertiary/aromatic N) is 3. The van der Waals surface area contributed by atoms with Crippen LogP contribution in [-0.4, -0.2) is 13.8 Å². The predicted octanol–water partition coefficient (Wildman–Crippen LogP) is 12.5. The summed E-state index contributed by atoms with van der Waals surface area (Å²) in [6, 6.07) is 48.1. The fraction of sp³-hybridized carbons (Fsp3) is 0.174. The van der Waals surface area contributed by atoms with Gasteiger partial charge in [0.15, 0.2) is 0 Å². The topological polar surface area (TPSA) is 14.3 Å². The van der Waals surface area contributed by atoms with Crippen LogP contribution in [0.3, 0.4) is 0 Å². The van der Waals surface area contributed by atoms with E-state index in [0.717, 1.165) is 0 Å². The largest absolute Gasteiger partial charge is 0.306 e. The first-order valence-electron chi connectivity index (χ1n) is 17.4. The summed E-state index contributed by atoms with van der Waals surface area (Å²) in [6.07, 6.45) is 0. The second-order valence-corrected chi connectivity index (χ2v) is 16.0. The Morgan fingerprint density at radius 2 is 0.939 bits per heavy atom. The van der Waals surface area contributed by atoms with E-state index < -0.39 is 0 Å². The molecule has 8 aromatic rings. The SMILES string of the molecule is CC(C)(C)c1cc(-n2c3cccc4c3-n(c3cc5cc6ccccc6cc5cc32)n2c3ccccc3c3cccc4c32)cc(C(C)(C)C)c1. The Balaban J connectivity index is 1.51. The zero-order chi connectivity index (χ0) is 33.4. The van der Waals surface area contributed by atoms with Crippen molar-refractivity contribution < 1.29 is 0 Å². The number of hydrogen-bond acceptors (Lipinski definition) is 0. The van der Waals surface area contributed by atoms with E-state index in [4.69, 9.17) is 0 Å². The van der Waals surface area contributed by atoms with Crippen LogP contribution < -0.4 is 0 Å². The predicted molar refractivity (Wildman–Crippen MR) is 210 cm³/mol. The molecule has 1 aromatic heterocycles. The fourth-order valence-corrected chi connectivity index (χ4v) is 8.23. The summed E-state index contributed by atoms with van der Waals surface area (Å²) in [4.78, 5) is 0. The number of fused-ring (bicyclic) bond motifs is 9. The second-order valence-electron chi connectivity index (χ2n) is 16.0. The third kappa shape index (κ3) is 3.96. The van der Waals surface area contributed by atoms with Gasteiger partial charge in [-0.2, -0.15) is 0 Å². The van der Waals surface area contributed by atoms with Gasteiger partial charge in [-0.05, 0) is 92.0 Å². The molecule has 2 aliphatic rings. The van der Waals surface area contributed by atoms with Gasteiger partial charge in [-0.25, -0.2) is 9.20 Å². The van der Waals surface area contributed by atoms with Crippen LogP contribution in [0.1, 0.15) is 52.7 Å². The average Bonchev–Trinajstić information content (AvgIpc) is 3.42. The van der Waals surface area contributed by atoms with E-state index in [2.05, 4.69) is 183 Å². The third-order valence-electron chi connectivity index (χ3n) is 10.8. The molecule has 0 saturated heterocycles. The van der Waals surface area contributed by atoms with Crippen molar-refractivity contribution in [2.45, 2.75) is 52.4 Å². The Hall–Kier alpha value is -5.54. The standard InChI is InChI=1S/C46H39N3/c1-45(2,3)32-25-33(46(4,5)6)27-34(26-32)47-40-20-12-18-38-37-17-11-16-36-35-15-9-10-19-39(35)48(43(36)37)49(44(38)40)42-24-31-22-29-14-8-7-13-28(29)21-30(31)23-41(42)47/h7-27H,1-6H3. The second kappa shape index (κ2) is 9.54. The van der Waals surface area contributed by atoms with Crippen molar-refractivity contribution in [2.24, 2.45) is 0 Å². The summed E-state index contributed by atoms with van der Waals surface area (Å²) in [5.74, 6) is 0. The molecule has 0 aliphatic carbocycles. The smallest absolute Gasteiger partial charge is 0.0957 e. The number of aromatic nitrogens is 3. The molecule has 238 valence electrons. The van der Waals surface area contributed by atoms with Crippen molar-refractivity contribution >= 4 is 70.7 Å². The minimum absolute atomic E-state index is 0.00627. The van der Waals surface area contributed by atoms with Gasteiger partial charge in [0.2, 0.25) is 0 Å². The van der Waals surface area contributed by atoms with Gasteiger partial charge in [0.25, 0.3) is 0 Å². The van der Waals surface area contributed by atoms with E-state index in [1.165, 1.54) is 93.2 Å². The zero-order valence-electron chi connectivity index (χ0n) is 29.0. The average molecular weight is 634 g/mol. The molecule has 7 aromatic carbocycles. The van der Waals surface area contributed by atoms with Crippen LogP contribution in [0.25, 0.3) is 82.0 Å². The highest BCUT2D eigenvalue weighted by Crippen LogP contribution is 2.43. The van der Waals surface area contributed by atoms with E-state index in [1.807, 2.05) is 0 Å². The summed E-state index contributed by atoms with van der Waals surface area (Å²) in [7, 11) is 0. The molecule has 0 N–H and O–H groups in total. The number of rotatable bonds is 1. The summed E-state index contributed by atoms with van der Waals surface area (Å²) < 4.78 is 7.54. The normalized spacial score (nSPS) is 13.1. The highest BCUT2D eigenvalue weighted by Gasteiger charge is 2.27. The van der Waals surface area contributed by atoms with Gasteiger partial charge in [-0.3, -0.25) is 0 Å². The van der Waals surface area contributed by atoms with E-state index in [1.54, 1.807) is 0 Å². The molecule has 10 rings (SSSR count). The van der Waals surface area contributed by atoms with Crippen LogP contribution in [0, 0.1) is 0 Å². The molecule has 0 amide bonds.